The van der Waals surface area contributed by atoms with Gasteiger partial charge >= 0.3 is 11.9 Å². The Bertz CT molecular complexity index is 953. The van der Waals surface area contributed by atoms with Crippen molar-refractivity contribution < 1.29 is 19.8 Å². The third-order valence-corrected chi connectivity index (χ3v) is 4.89. The van der Waals surface area contributed by atoms with Crippen molar-refractivity contribution in [1.82, 2.24) is 0 Å². The number of hydrogen-bond donors (Lipinski definition) is 2. The van der Waals surface area contributed by atoms with Gasteiger partial charge < -0.3 is 10.2 Å². The third kappa shape index (κ3) is 2.59. The van der Waals surface area contributed by atoms with E-state index in [9.17, 15) is 19.8 Å². The van der Waals surface area contributed by atoms with E-state index in [1.54, 1.807) is 17.4 Å². The summed E-state index contributed by atoms with van der Waals surface area (Å²) in [7, 11) is 0. The lowest BCUT2D eigenvalue weighted by Gasteiger charge is -2.12. The smallest absolute Gasteiger partial charge is 0.336 e. The fourth-order valence-electron chi connectivity index (χ4n) is 2.80. The van der Waals surface area contributed by atoms with Gasteiger partial charge in [-0.05, 0) is 60.2 Å². The average Bonchev–Trinajstić information content (AvgIpc) is 2.84. The van der Waals surface area contributed by atoms with Crippen molar-refractivity contribution >= 4 is 33.4 Å². The largest absolute Gasteiger partial charge is 0.478 e. The molecule has 0 radical (unpaired) electrons. The number of carboxylic acids is 2. The number of aryl methyl sites for hydroxylation is 1. The first-order valence-corrected chi connectivity index (χ1v) is 7.81. The highest BCUT2D eigenvalue weighted by Gasteiger charge is 2.20. The zero-order valence-electron chi connectivity index (χ0n) is 12.6. The zero-order valence-corrected chi connectivity index (χ0v) is 13.4. The van der Waals surface area contributed by atoms with Gasteiger partial charge in [-0.25, -0.2) is 9.59 Å². The summed E-state index contributed by atoms with van der Waals surface area (Å²) in [6.07, 6.45) is 0. The van der Waals surface area contributed by atoms with E-state index >= 15 is 0 Å². The molecule has 0 aliphatic heterocycles. The molecule has 0 aliphatic carbocycles. The van der Waals surface area contributed by atoms with Crippen LogP contribution < -0.4 is 0 Å². The first-order valence-electron chi connectivity index (χ1n) is 6.99. The zero-order chi connectivity index (χ0) is 16.7. The van der Waals surface area contributed by atoms with Crippen LogP contribution in [0.1, 0.15) is 31.2 Å². The quantitative estimate of drug-likeness (QED) is 0.738. The predicted octanol–water partition coefficient (Wildman–Crippen LogP) is 4.58. The molecule has 2 aromatic carbocycles. The second kappa shape index (κ2) is 5.52. The van der Waals surface area contributed by atoms with E-state index in [0.717, 1.165) is 15.6 Å². The van der Waals surface area contributed by atoms with Gasteiger partial charge in [-0.3, -0.25) is 0 Å². The summed E-state index contributed by atoms with van der Waals surface area (Å²) in [4.78, 5) is 24.1. The average molecular weight is 326 g/mol. The molecule has 116 valence electrons. The number of fused-ring (bicyclic) bond motifs is 1. The number of carboxylic acid groups (broad SMARTS) is 2. The number of rotatable bonds is 3. The second-order valence-electron chi connectivity index (χ2n) is 5.38. The van der Waals surface area contributed by atoms with Crippen molar-refractivity contribution in [3.8, 4) is 11.1 Å². The molecule has 0 atom stereocenters. The van der Waals surface area contributed by atoms with Gasteiger partial charge in [0.15, 0.2) is 0 Å². The molecule has 3 rings (SSSR count). The third-order valence-electron chi connectivity index (χ3n) is 3.86. The molecule has 0 saturated heterocycles. The summed E-state index contributed by atoms with van der Waals surface area (Å²) in [5, 5.41) is 19.8. The maximum Gasteiger partial charge on any atom is 0.336 e. The van der Waals surface area contributed by atoms with E-state index in [0.29, 0.717) is 5.56 Å². The van der Waals surface area contributed by atoms with E-state index in [1.807, 2.05) is 25.1 Å². The van der Waals surface area contributed by atoms with Crippen LogP contribution in [0.15, 0.2) is 36.4 Å². The van der Waals surface area contributed by atoms with Crippen LogP contribution in [0.5, 0.6) is 0 Å². The molecule has 1 aromatic heterocycles. The van der Waals surface area contributed by atoms with E-state index in [4.69, 9.17) is 0 Å². The molecule has 0 saturated carbocycles. The SMILES string of the molecule is Cc1cc2cc(-c3ccc(C(=O)O)c(C)c3C(=O)O)ccc2s1. The van der Waals surface area contributed by atoms with Crippen molar-refractivity contribution in [2.45, 2.75) is 13.8 Å². The molecule has 0 fully saturated rings. The minimum atomic E-state index is -1.12. The van der Waals surface area contributed by atoms with Gasteiger partial charge in [-0.15, -0.1) is 11.3 Å². The van der Waals surface area contributed by atoms with Crippen molar-refractivity contribution in [2.75, 3.05) is 0 Å². The van der Waals surface area contributed by atoms with Crippen LogP contribution in [-0.4, -0.2) is 22.2 Å². The van der Waals surface area contributed by atoms with Crippen LogP contribution >= 0.6 is 11.3 Å². The van der Waals surface area contributed by atoms with Gasteiger partial charge in [-0.2, -0.15) is 0 Å². The van der Waals surface area contributed by atoms with Crippen LogP contribution in [0.4, 0.5) is 0 Å². The standard InChI is InChI=1S/C18H14O4S/c1-9-7-12-8-11(3-6-15(12)23-9)14-5-4-13(17(19)20)10(2)16(14)18(21)22/h3-8H,1-2H3,(H,19,20)(H,21,22). The topological polar surface area (TPSA) is 74.6 Å². The van der Waals surface area contributed by atoms with E-state index in [-0.39, 0.29) is 16.7 Å². The van der Waals surface area contributed by atoms with Gasteiger partial charge in [0.25, 0.3) is 0 Å². The van der Waals surface area contributed by atoms with Crippen molar-refractivity contribution in [1.29, 1.82) is 0 Å². The molecule has 0 spiro atoms. The van der Waals surface area contributed by atoms with Crippen LogP contribution in [0.3, 0.4) is 0 Å². The van der Waals surface area contributed by atoms with Gasteiger partial charge in [-0.1, -0.05) is 12.1 Å². The van der Waals surface area contributed by atoms with Crippen molar-refractivity contribution in [3.05, 3.63) is 58.0 Å². The summed E-state index contributed by atoms with van der Waals surface area (Å²) in [6, 6.07) is 10.9. The van der Waals surface area contributed by atoms with Crippen LogP contribution in [0.25, 0.3) is 21.2 Å². The van der Waals surface area contributed by atoms with Gasteiger partial charge in [0.1, 0.15) is 0 Å². The van der Waals surface area contributed by atoms with Crippen molar-refractivity contribution in [3.63, 3.8) is 0 Å². The molecule has 5 heteroatoms. The first kappa shape index (κ1) is 15.2. The second-order valence-corrected chi connectivity index (χ2v) is 6.67. The van der Waals surface area contributed by atoms with Crippen LogP contribution in [0.2, 0.25) is 0 Å². The maximum absolute atomic E-state index is 11.7. The van der Waals surface area contributed by atoms with Gasteiger partial charge in [0.05, 0.1) is 11.1 Å². The lowest BCUT2D eigenvalue weighted by atomic mass is 9.92. The summed E-state index contributed by atoms with van der Waals surface area (Å²) in [6.45, 7) is 3.56. The Labute approximate surface area is 136 Å². The molecule has 23 heavy (non-hydrogen) atoms. The Morgan fingerprint density at radius 3 is 2.35 bits per heavy atom. The Balaban J connectivity index is 2.26. The summed E-state index contributed by atoms with van der Waals surface area (Å²) in [5.41, 5.74) is 1.62. The van der Waals surface area contributed by atoms with E-state index in [1.165, 1.54) is 17.9 Å². The molecular formula is C18H14O4S. The molecule has 3 aromatic rings. The summed E-state index contributed by atoms with van der Waals surface area (Å²) in [5.74, 6) is -2.25. The molecule has 0 amide bonds. The predicted molar refractivity (Wildman–Crippen MR) is 90.7 cm³/mol. The Morgan fingerprint density at radius 2 is 1.70 bits per heavy atom. The molecule has 2 N–H and O–H groups in total. The number of aromatic carboxylic acids is 2. The lowest BCUT2D eigenvalue weighted by Crippen LogP contribution is -2.09. The molecule has 0 unspecified atom stereocenters. The lowest BCUT2D eigenvalue weighted by molar-refractivity contribution is 0.0696. The summed E-state index contributed by atoms with van der Waals surface area (Å²) < 4.78 is 1.14. The van der Waals surface area contributed by atoms with Gasteiger partial charge in [0.2, 0.25) is 0 Å². The maximum atomic E-state index is 11.7. The highest BCUT2D eigenvalue weighted by Crippen LogP contribution is 2.33. The molecule has 4 nitrogen and oxygen atoms in total. The summed E-state index contributed by atoms with van der Waals surface area (Å²) >= 11 is 1.68. The van der Waals surface area contributed by atoms with Crippen LogP contribution in [0, 0.1) is 13.8 Å². The Hall–Kier alpha value is -2.66. The Kier molecular flexibility index (Phi) is 3.66. The number of benzene rings is 2. The highest BCUT2D eigenvalue weighted by atomic mass is 32.1. The monoisotopic (exact) mass is 326 g/mol. The molecular weight excluding hydrogens is 312 g/mol. The van der Waals surface area contributed by atoms with E-state index in [2.05, 4.69) is 6.07 Å². The number of hydrogen-bond acceptors (Lipinski definition) is 3. The van der Waals surface area contributed by atoms with Gasteiger partial charge in [0, 0.05) is 9.58 Å². The minimum absolute atomic E-state index is 0.0126. The molecule has 0 bridgehead atoms. The number of thiophene rings is 1. The molecule has 0 aliphatic rings. The molecule has 1 heterocycles. The number of carbonyl (C=O) groups is 2. The normalized spacial score (nSPS) is 10.9. The Morgan fingerprint density at radius 1 is 0.957 bits per heavy atom. The van der Waals surface area contributed by atoms with E-state index < -0.39 is 11.9 Å². The first-order chi connectivity index (χ1) is 10.9. The minimum Gasteiger partial charge on any atom is -0.478 e. The van der Waals surface area contributed by atoms with Crippen molar-refractivity contribution in [2.24, 2.45) is 0 Å². The van der Waals surface area contributed by atoms with Crippen LogP contribution in [-0.2, 0) is 0 Å². The fraction of sp³-hybridized carbons (Fsp3) is 0.111. The fourth-order valence-corrected chi connectivity index (χ4v) is 3.71. The highest BCUT2D eigenvalue weighted by molar-refractivity contribution is 7.19.